The Morgan fingerprint density at radius 1 is 1.20 bits per heavy atom. The minimum Gasteiger partial charge on any atom is -0.299 e. The third-order valence-corrected chi connectivity index (χ3v) is 3.14. The normalized spacial score (nSPS) is 10.9. The van der Waals surface area contributed by atoms with Crippen molar-refractivity contribution in [3.05, 3.63) is 35.4 Å². The summed E-state index contributed by atoms with van der Waals surface area (Å²) in [6.07, 6.45) is 1.22. The van der Waals surface area contributed by atoms with Crippen LogP contribution in [0.1, 0.15) is 24.5 Å². The van der Waals surface area contributed by atoms with Crippen molar-refractivity contribution in [2.75, 3.05) is 18.4 Å². The van der Waals surface area contributed by atoms with E-state index in [0.717, 1.165) is 18.4 Å². The van der Waals surface area contributed by atoms with Crippen molar-refractivity contribution < 1.29 is 0 Å². The zero-order chi connectivity index (χ0) is 11.1. The number of benzene rings is 1. The van der Waals surface area contributed by atoms with Gasteiger partial charge >= 0.3 is 0 Å². The van der Waals surface area contributed by atoms with E-state index in [1.807, 2.05) is 0 Å². The first-order valence-corrected chi connectivity index (χ1v) is 6.72. The lowest BCUT2D eigenvalue weighted by atomic mass is 10.1. The van der Waals surface area contributed by atoms with Crippen LogP contribution in [-0.2, 0) is 6.54 Å². The smallest absolute Gasteiger partial charge is 0.0233 e. The summed E-state index contributed by atoms with van der Waals surface area (Å²) < 4.78 is 0. The Bertz CT molecular complexity index is 268. The molecule has 84 valence electrons. The lowest BCUT2D eigenvalue weighted by Crippen LogP contribution is -2.24. The van der Waals surface area contributed by atoms with Crippen molar-refractivity contribution in [2.45, 2.75) is 26.8 Å². The predicted molar refractivity (Wildman–Crippen MR) is 70.5 cm³/mol. The molecule has 0 aliphatic carbocycles. The first-order chi connectivity index (χ1) is 7.26. The first-order valence-electron chi connectivity index (χ1n) is 5.60. The van der Waals surface area contributed by atoms with Gasteiger partial charge in [0.2, 0.25) is 0 Å². The van der Waals surface area contributed by atoms with Crippen LogP contribution in [0.25, 0.3) is 0 Å². The first kappa shape index (κ1) is 12.7. The SMILES string of the molecule is CCN(CCCBr)Cc1ccc(C)cc1. The number of aryl methyl sites for hydroxylation is 1. The number of hydrogen-bond acceptors (Lipinski definition) is 1. The van der Waals surface area contributed by atoms with Crippen molar-refractivity contribution in [3.8, 4) is 0 Å². The van der Waals surface area contributed by atoms with Crippen LogP contribution in [-0.4, -0.2) is 23.3 Å². The highest BCUT2D eigenvalue weighted by molar-refractivity contribution is 9.09. The summed E-state index contributed by atoms with van der Waals surface area (Å²) in [4.78, 5) is 2.48. The molecule has 0 saturated carbocycles. The number of rotatable bonds is 6. The summed E-state index contributed by atoms with van der Waals surface area (Å²) in [5, 5.41) is 1.09. The van der Waals surface area contributed by atoms with Crippen LogP contribution in [0.3, 0.4) is 0 Å². The molecule has 1 nitrogen and oxygen atoms in total. The maximum atomic E-state index is 3.48. The maximum Gasteiger partial charge on any atom is 0.0233 e. The molecule has 0 saturated heterocycles. The summed E-state index contributed by atoms with van der Waals surface area (Å²) in [6, 6.07) is 8.83. The van der Waals surface area contributed by atoms with Gasteiger partial charge in [-0.25, -0.2) is 0 Å². The van der Waals surface area contributed by atoms with E-state index in [-0.39, 0.29) is 0 Å². The Morgan fingerprint density at radius 3 is 2.40 bits per heavy atom. The van der Waals surface area contributed by atoms with Crippen LogP contribution in [0, 0.1) is 6.92 Å². The predicted octanol–water partition coefficient (Wildman–Crippen LogP) is 3.60. The highest BCUT2D eigenvalue weighted by atomic mass is 79.9. The molecule has 0 heterocycles. The van der Waals surface area contributed by atoms with Crippen LogP contribution in [0.15, 0.2) is 24.3 Å². The number of halogens is 1. The van der Waals surface area contributed by atoms with E-state index in [1.165, 1.54) is 24.1 Å². The second-order valence-electron chi connectivity index (χ2n) is 3.90. The minimum atomic E-state index is 1.07. The Kier molecular flexibility index (Phi) is 5.96. The minimum absolute atomic E-state index is 1.07. The van der Waals surface area contributed by atoms with Gasteiger partial charge in [0.15, 0.2) is 0 Å². The third kappa shape index (κ3) is 4.80. The second-order valence-corrected chi connectivity index (χ2v) is 4.69. The van der Waals surface area contributed by atoms with Gasteiger partial charge < -0.3 is 0 Å². The monoisotopic (exact) mass is 269 g/mol. The van der Waals surface area contributed by atoms with Crippen LogP contribution in [0.5, 0.6) is 0 Å². The molecule has 2 heteroatoms. The van der Waals surface area contributed by atoms with Crippen LogP contribution >= 0.6 is 15.9 Å². The Hall–Kier alpha value is -0.340. The number of hydrogen-bond donors (Lipinski definition) is 0. The largest absolute Gasteiger partial charge is 0.299 e. The van der Waals surface area contributed by atoms with E-state index >= 15 is 0 Å². The van der Waals surface area contributed by atoms with Gasteiger partial charge in [-0.15, -0.1) is 0 Å². The van der Waals surface area contributed by atoms with Crippen molar-refractivity contribution in [1.82, 2.24) is 4.90 Å². The topological polar surface area (TPSA) is 3.24 Å². The zero-order valence-electron chi connectivity index (χ0n) is 9.67. The van der Waals surface area contributed by atoms with Crippen molar-refractivity contribution >= 4 is 15.9 Å². The van der Waals surface area contributed by atoms with Crippen molar-refractivity contribution in [2.24, 2.45) is 0 Å². The molecule has 0 radical (unpaired) electrons. The third-order valence-electron chi connectivity index (χ3n) is 2.58. The molecule has 0 unspecified atom stereocenters. The molecular formula is C13H20BrN. The summed E-state index contributed by atoms with van der Waals surface area (Å²) >= 11 is 3.48. The Balaban J connectivity index is 2.47. The molecule has 0 bridgehead atoms. The summed E-state index contributed by atoms with van der Waals surface area (Å²) in [5.41, 5.74) is 2.75. The van der Waals surface area contributed by atoms with Crippen molar-refractivity contribution in [3.63, 3.8) is 0 Å². The van der Waals surface area contributed by atoms with Gasteiger partial charge in [-0.2, -0.15) is 0 Å². The molecule has 0 fully saturated rings. The van der Waals surface area contributed by atoms with Crippen LogP contribution in [0.4, 0.5) is 0 Å². The van der Waals surface area contributed by atoms with E-state index in [9.17, 15) is 0 Å². The number of alkyl halides is 1. The highest BCUT2D eigenvalue weighted by Gasteiger charge is 2.02. The van der Waals surface area contributed by atoms with E-state index in [4.69, 9.17) is 0 Å². The quantitative estimate of drug-likeness (QED) is 0.714. The molecule has 0 atom stereocenters. The molecule has 0 spiro atoms. The van der Waals surface area contributed by atoms with Gasteiger partial charge in [-0.1, -0.05) is 52.7 Å². The van der Waals surface area contributed by atoms with Gasteiger partial charge in [0, 0.05) is 11.9 Å². The molecule has 1 aromatic carbocycles. The fourth-order valence-electron chi connectivity index (χ4n) is 1.58. The molecule has 0 aromatic heterocycles. The molecule has 0 aliphatic heterocycles. The fourth-order valence-corrected chi connectivity index (χ4v) is 1.83. The molecule has 15 heavy (non-hydrogen) atoms. The Labute approximate surface area is 102 Å². The highest BCUT2D eigenvalue weighted by Crippen LogP contribution is 2.07. The van der Waals surface area contributed by atoms with E-state index in [1.54, 1.807) is 0 Å². The zero-order valence-corrected chi connectivity index (χ0v) is 11.3. The van der Waals surface area contributed by atoms with Crippen LogP contribution < -0.4 is 0 Å². The van der Waals surface area contributed by atoms with Gasteiger partial charge in [-0.05, 0) is 32.0 Å². The molecule has 0 N–H and O–H groups in total. The van der Waals surface area contributed by atoms with Crippen molar-refractivity contribution in [1.29, 1.82) is 0 Å². The number of nitrogens with zero attached hydrogens (tertiary/aromatic N) is 1. The summed E-state index contributed by atoms with van der Waals surface area (Å²) in [7, 11) is 0. The Morgan fingerprint density at radius 2 is 1.87 bits per heavy atom. The van der Waals surface area contributed by atoms with Gasteiger partial charge in [0.25, 0.3) is 0 Å². The van der Waals surface area contributed by atoms with Crippen LogP contribution in [0.2, 0.25) is 0 Å². The van der Waals surface area contributed by atoms with Gasteiger partial charge in [-0.3, -0.25) is 4.90 Å². The summed E-state index contributed by atoms with van der Waals surface area (Å²) in [5.74, 6) is 0. The molecular weight excluding hydrogens is 250 g/mol. The molecule has 1 rings (SSSR count). The molecule has 0 aliphatic rings. The lowest BCUT2D eigenvalue weighted by molar-refractivity contribution is 0.282. The lowest BCUT2D eigenvalue weighted by Gasteiger charge is -2.19. The standard InChI is InChI=1S/C13H20BrN/c1-3-15(10-4-9-14)11-13-7-5-12(2)6-8-13/h5-8H,3-4,9-11H2,1-2H3. The molecule has 0 amide bonds. The summed E-state index contributed by atoms with van der Waals surface area (Å²) in [6.45, 7) is 7.73. The fraction of sp³-hybridized carbons (Fsp3) is 0.538. The van der Waals surface area contributed by atoms with Gasteiger partial charge in [0.1, 0.15) is 0 Å². The molecule has 1 aromatic rings. The van der Waals surface area contributed by atoms with Gasteiger partial charge in [0.05, 0.1) is 0 Å². The maximum absolute atomic E-state index is 3.48. The van der Waals surface area contributed by atoms with E-state index in [2.05, 4.69) is 58.9 Å². The van der Waals surface area contributed by atoms with E-state index < -0.39 is 0 Å². The average Bonchev–Trinajstić information content (AvgIpc) is 2.27. The van der Waals surface area contributed by atoms with E-state index in [0.29, 0.717) is 0 Å². The average molecular weight is 270 g/mol. The second kappa shape index (κ2) is 7.02.